The van der Waals surface area contributed by atoms with E-state index in [0.29, 0.717) is 62.0 Å². The van der Waals surface area contributed by atoms with Crippen LogP contribution in [0.3, 0.4) is 0 Å². The molecule has 1 amide bonds. The smallest absolute Gasteiger partial charge is 0.235 e. The fourth-order valence-electron chi connectivity index (χ4n) is 29.6. The van der Waals surface area contributed by atoms with E-state index in [-0.39, 0.29) is 129 Å². The molecule has 12 aliphatic carbocycles. The number of epoxide rings is 1. The van der Waals surface area contributed by atoms with Crippen molar-refractivity contribution in [3.05, 3.63) is 107 Å². The van der Waals surface area contributed by atoms with Crippen LogP contribution in [0.1, 0.15) is 142 Å². The molecule has 18 heteroatoms. The molecule has 4 saturated heterocycles. The van der Waals surface area contributed by atoms with E-state index < -0.39 is 138 Å². The molecule has 29 atom stereocenters. The summed E-state index contributed by atoms with van der Waals surface area (Å²) in [5.41, 5.74) is -13.4. The Morgan fingerprint density at radius 3 is 2.55 bits per heavy atom. The van der Waals surface area contributed by atoms with Gasteiger partial charge in [0.25, 0.3) is 0 Å². The number of ketones is 1. The topological polar surface area (TPSA) is 262 Å². The van der Waals surface area contributed by atoms with Crippen molar-refractivity contribution < 1.29 is 69.8 Å². The number of nitrogens with zero attached hydrogens (tertiary/aromatic N) is 1. The highest BCUT2D eigenvalue weighted by Crippen LogP contribution is 2.86. The van der Waals surface area contributed by atoms with Gasteiger partial charge in [-0.2, -0.15) is 0 Å². The normalized spacial score (nSPS) is 54.4. The number of carbonyl (C=O) groups is 2. The lowest BCUT2D eigenvalue weighted by Gasteiger charge is -2.73. The fraction of sp³-hybridized carbons (Fsp3) is 0.707. The van der Waals surface area contributed by atoms with Gasteiger partial charge in [-0.25, -0.2) is 0 Å². The molecule has 1 aromatic carbocycles. The molecular formula is C82H100N2O14S2. The predicted octanol–water partition coefficient (Wildman–Crippen LogP) is 8.43. The second-order valence-corrected chi connectivity index (χ2v) is 39.2. The van der Waals surface area contributed by atoms with Crippen molar-refractivity contribution in [1.29, 1.82) is 0 Å². The molecule has 100 heavy (non-hydrogen) atoms. The van der Waals surface area contributed by atoms with Crippen LogP contribution in [0.4, 0.5) is 5.69 Å². The third-order valence-electron chi connectivity index (χ3n) is 33.6. The number of hydrogen-bond acceptors (Lipinski definition) is 17. The first-order valence-corrected chi connectivity index (χ1v) is 40.7. The number of ether oxygens (including phenoxy) is 3. The van der Waals surface area contributed by atoms with E-state index in [1.54, 1.807) is 18.2 Å². The number of hydrogen-bond donors (Lipinski definition) is 10. The van der Waals surface area contributed by atoms with Gasteiger partial charge in [-0.05, 0) is 190 Å². The van der Waals surface area contributed by atoms with Gasteiger partial charge in [-0.1, -0.05) is 129 Å². The minimum Gasteiger partial charge on any atom is -0.508 e. The molecule has 534 valence electrons. The van der Waals surface area contributed by atoms with Crippen molar-refractivity contribution in [2.45, 2.75) is 213 Å². The molecule has 16 bridgehead atoms. The number of fused-ring (bicyclic) bond motifs is 5. The Kier molecular flexibility index (Phi) is 13.8. The van der Waals surface area contributed by atoms with Gasteiger partial charge in [0.15, 0.2) is 5.78 Å². The summed E-state index contributed by atoms with van der Waals surface area (Å²) in [5, 5.41) is 124. The molecule has 21 aliphatic rings. The average Bonchev–Trinajstić information content (AvgIpc) is 1.40. The standard InChI is InChI=1S/C82H100N2O14S2/c1-44(2)45(3)65-67(98-65)79(95)20-9-18-72-36-59-57-32-62(88)75(37-63(89)74(94,42-86)39-70(59,75)4)69(93)100-99-43-71-17-7-12-52-28-51-11-5-6-19-77(51)56-31-60-48(10-8-23-96-60)26-49(56)35-78(52,83-77)58-29-53-27-50-14-13-47(33-71)34-73(50,41-85)82(71)68(92)84(40-76(53,82)66(58)91)54-24-46(25-55(87)30-54)15-21-80(72)61(79)16-22-81(57,80)97-38-64(72)90/h8-10,13-14,18,24-28,30,32,44-45,47,49,51,53,56,58-61,63-67,69,83,85-87,89-91,93-95H,5-6,11,15-17,19-23,29,31,33-43H2,1-4H3. The molecule has 0 radical (unpaired) electrons. The summed E-state index contributed by atoms with van der Waals surface area (Å²) in [6.07, 6.45) is 25.9. The first kappa shape index (κ1) is 65.6. The first-order valence-electron chi connectivity index (χ1n) is 38.3. The van der Waals surface area contributed by atoms with E-state index >= 15 is 14.7 Å². The molecular weight excluding hydrogens is 1300 g/mol. The Morgan fingerprint density at radius 2 is 1.73 bits per heavy atom. The van der Waals surface area contributed by atoms with Gasteiger partial charge in [0.05, 0.1) is 78.9 Å². The van der Waals surface area contributed by atoms with Gasteiger partial charge >= 0.3 is 0 Å². The monoisotopic (exact) mass is 1400 g/mol. The maximum absolute atomic E-state index is 18.2. The van der Waals surface area contributed by atoms with E-state index in [1.165, 1.54) is 16.4 Å². The van der Waals surface area contributed by atoms with E-state index in [1.807, 2.05) is 24.0 Å². The summed E-state index contributed by atoms with van der Waals surface area (Å²) >= 11 is 0. The Morgan fingerprint density at radius 1 is 0.880 bits per heavy atom. The molecule has 9 aliphatic heterocycles. The van der Waals surface area contributed by atoms with Crippen LogP contribution in [-0.2, 0) is 30.2 Å². The number of aryl methyl sites for hydroxylation is 1. The Labute approximate surface area is 594 Å². The van der Waals surface area contributed by atoms with Gasteiger partial charge in [0.2, 0.25) is 5.91 Å². The number of aliphatic hydroxyl groups is 8. The molecule has 29 unspecified atom stereocenters. The van der Waals surface area contributed by atoms with Crippen LogP contribution in [-0.4, -0.2) is 166 Å². The van der Waals surface area contributed by atoms with Crippen LogP contribution in [0.2, 0.25) is 0 Å². The van der Waals surface area contributed by atoms with E-state index in [9.17, 15) is 40.9 Å². The molecule has 9 heterocycles. The fourth-order valence-corrected chi connectivity index (χ4v) is 32.8. The van der Waals surface area contributed by atoms with Gasteiger partial charge < -0.3 is 70.4 Å². The maximum Gasteiger partial charge on any atom is 0.235 e. The second-order valence-electron chi connectivity index (χ2n) is 36.7. The van der Waals surface area contributed by atoms with Gasteiger partial charge in [0, 0.05) is 80.5 Å². The molecule has 10 fully saturated rings. The Bertz CT molecular complexity index is 4080. The van der Waals surface area contributed by atoms with Crippen LogP contribution in [0.15, 0.2) is 101 Å². The summed E-state index contributed by atoms with van der Waals surface area (Å²) in [6.45, 7) is 7.84. The molecule has 0 aromatic heterocycles. The van der Waals surface area contributed by atoms with Crippen molar-refractivity contribution >= 4 is 39.0 Å². The lowest BCUT2D eigenvalue weighted by molar-refractivity contribution is -0.301. The number of phenolic OH excluding ortho intramolecular Hbond substituents is 1. The van der Waals surface area contributed by atoms with Gasteiger partial charge in [-0.3, -0.25) is 9.59 Å². The van der Waals surface area contributed by atoms with Crippen LogP contribution >= 0.6 is 21.6 Å². The zero-order valence-electron chi connectivity index (χ0n) is 58.1. The Hall–Kier alpha value is -3.88. The van der Waals surface area contributed by atoms with Gasteiger partial charge in [0.1, 0.15) is 28.5 Å². The van der Waals surface area contributed by atoms with Crippen molar-refractivity contribution in [2.75, 3.05) is 43.6 Å². The summed E-state index contributed by atoms with van der Waals surface area (Å²) in [7, 11) is 2.52. The number of phenols is 1. The maximum atomic E-state index is 18.2. The largest absolute Gasteiger partial charge is 0.508 e. The Balaban J connectivity index is 0.818. The number of allylic oxidation sites excluding steroid dienone is 5. The molecule has 6 spiro atoms. The van der Waals surface area contributed by atoms with E-state index in [4.69, 9.17) is 14.2 Å². The zero-order valence-corrected chi connectivity index (χ0v) is 59.8. The highest BCUT2D eigenvalue weighted by atomic mass is 33.1. The van der Waals surface area contributed by atoms with Crippen LogP contribution in [0.25, 0.3) is 0 Å². The minimum absolute atomic E-state index is 0.0126. The summed E-state index contributed by atoms with van der Waals surface area (Å²) in [6, 6.07) is 5.49. The van der Waals surface area contributed by atoms with Crippen LogP contribution in [0, 0.1) is 114 Å². The van der Waals surface area contributed by atoms with Crippen molar-refractivity contribution in [3.63, 3.8) is 0 Å². The van der Waals surface area contributed by atoms with E-state index in [2.05, 4.69) is 86.5 Å². The number of anilines is 1. The number of benzene rings is 1. The number of amides is 1. The SMILES string of the molecule is CC(C)C(C)C1OC1C1(O)CC=CC23CC4C5=CC(=O)C6(CC(O)C(O)(CO)CC46C)C(O)SSCC46CC#CC7=CC8CCCCC89NC7(CC7C=C8C=CCOC8CC79)C7CC8C=C9C=CC(C4)CC9(CO)C64C(=O)N(CC84C7O)c4cc(O)cc(c4)CCC24C1CCC54OCC3O. The quantitative estimate of drug-likeness (QED) is 0.0574. The summed E-state index contributed by atoms with van der Waals surface area (Å²) < 4.78 is 20.8. The number of rotatable bonds is 5. The van der Waals surface area contributed by atoms with Crippen LogP contribution in [0.5, 0.6) is 5.75 Å². The first-order chi connectivity index (χ1) is 47.9. The summed E-state index contributed by atoms with van der Waals surface area (Å²) in [5.74, 6) is 6.12. The molecule has 16 nitrogen and oxygen atoms in total. The highest BCUT2D eigenvalue weighted by Gasteiger charge is 2.89. The van der Waals surface area contributed by atoms with Crippen LogP contribution < -0.4 is 10.2 Å². The second kappa shape index (κ2) is 21.0. The molecule has 10 N–H and O–H groups in total. The van der Waals surface area contributed by atoms with Crippen molar-refractivity contribution in [3.8, 4) is 17.6 Å². The lowest BCUT2D eigenvalue weighted by atomic mass is 9.30. The third-order valence-corrected chi connectivity index (χ3v) is 36.3. The number of nitrogens with one attached hydrogen (secondary N) is 1. The lowest BCUT2D eigenvalue weighted by Crippen LogP contribution is -2.78. The third kappa shape index (κ3) is 7.31. The molecule has 6 saturated carbocycles. The van der Waals surface area contributed by atoms with Crippen molar-refractivity contribution in [2.24, 2.45) is 102 Å². The highest BCUT2D eigenvalue weighted by molar-refractivity contribution is 8.76. The molecule has 1 aromatic rings. The van der Waals surface area contributed by atoms with Gasteiger partial charge in [-0.15, -0.1) is 0 Å². The molecule has 22 rings (SSSR count). The minimum atomic E-state index is -2.11. The average molecular weight is 1400 g/mol. The number of aromatic hydroxyl groups is 1. The van der Waals surface area contributed by atoms with Crippen molar-refractivity contribution in [1.82, 2.24) is 5.32 Å². The summed E-state index contributed by atoms with van der Waals surface area (Å²) in [4.78, 5) is 36.8. The number of piperidine rings is 1. The number of carbonyl (C=O) groups excluding carboxylic acids is 2. The predicted molar refractivity (Wildman–Crippen MR) is 376 cm³/mol. The van der Waals surface area contributed by atoms with E-state index in [0.717, 1.165) is 54.0 Å². The zero-order chi connectivity index (χ0) is 68.9. The number of aliphatic hydroxyl groups excluding tert-OH is 6.